The fourth-order valence-electron chi connectivity index (χ4n) is 4.04. The van der Waals surface area contributed by atoms with Crippen molar-refractivity contribution in [2.45, 2.75) is 24.6 Å². The summed E-state index contributed by atoms with van der Waals surface area (Å²) in [5.74, 6) is -0.0458. The maximum Gasteiger partial charge on any atom is 0.255 e. The lowest BCUT2D eigenvalue weighted by Gasteiger charge is -2.22. The number of rotatable bonds is 3. The van der Waals surface area contributed by atoms with E-state index >= 15 is 0 Å². The van der Waals surface area contributed by atoms with Gasteiger partial charge in [0.1, 0.15) is 0 Å². The minimum atomic E-state index is -3.35. The van der Waals surface area contributed by atoms with Crippen molar-refractivity contribution >= 4 is 15.9 Å². The summed E-state index contributed by atoms with van der Waals surface area (Å²) in [4.78, 5) is 14.4. The molecule has 2 aliphatic rings. The van der Waals surface area contributed by atoms with Crippen LogP contribution in [0.25, 0.3) is 0 Å². The minimum Gasteiger partial charge on any atom is -0.339 e. The fourth-order valence-corrected chi connectivity index (χ4v) is 6.26. The van der Waals surface area contributed by atoms with Crippen LogP contribution in [0, 0.1) is 5.92 Å². The molecular weight excluding hydrogens is 364 g/mol. The summed E-state index contributed by atoms with van der Waals surface area (Å²) >= 11 is 0. The highest BCUT2D eigenvalue weighted by atomic mass is 32.2. The number of sulfonamides is 1. The van der Waals surface area contributed by atoms with Gasteiger partial charge in [-0.25, -0.2) is 8.42 Å². The van der Waals surface area contributed by atoms with Crippen molar-refractivity contribution in [2.24, 2.45) is 5.92 Å². The lowest BCUT2D eigenvalue weighted by molar-refractivity contribution is 0.0758. The second-order valence-corrected chi connectivity index (χ2v) is 9.27. The van der Waals surface area contributed by atoms with E-state index in [4.69, 9.17) is 0 Å². The van der Waals surface area contributed by atoms with E-state index in [0.29, 0.717) is 44.6 Å². The average molecular weight is 386 g/mol. The van der Waals surface area contributed by atoms with Crippen molar-refractivity contribution in [3.8, 4) is 0 Å². The summed E-state index contributed by atoms with van der Waals surface area (Å²) < 4.78 is 27.7. The van der Waals surface area contributed by atoms with Crippen LogP contribution >= 0.6 is 0 Å². The van der Waals surface area contributed by atoms with Crippen LogP contribution in [0.15, 0.2) is 48.8 Å². The zero-order valence-corrected chi connectivity index (χ0v) is 15.8. The van der Waals surface area contributed by atoms with Crippen LogP contribution in [0.2, 0.25) is 0 Å². The first-order valence-corrected chi connectivity index (χ1v) is 10.6. The molecule has 1 aromatic carbocycles. The van der Waals surface area contributed by atoms with Crippen LogP contribution in [-0.2, 0) is 16.6 Å². The van der Waals surface area contributed by atoms with E-state index in [0.717, 1.165) is 5.56 Å². The van der Waals surface area contributed by atoms with Crippen LogP contribution in [0.3, 0.4) is 0 Å². The Morgan fingerprint density at radius 1 is 1.07 bits per heavy atom. The number of carbonyl (C=O) groups is 1. The van der Waals surface area contributed by atoms with E-state index < -0.39 is 15.3 Å². The van der Waals surface area contributed by atoms with Gasteiger partial charge in [0.2, 0.25) is 10.0 Å². The summed E-state index contributed by atoms with van der Waals surface area (Å²) in [6, 6.07) is 11.3. The van der Waals surface area contributed by atoms with Gasteiger partial charge in [0.15, 0.2) is 0 Å². The number of hydrogen-bond acceptors (Lipinski definition) is 5. The van der Waals surface area contributed by atoms with Crippen molar-refractivity contribution in [3.63, 3.8) is 0 Å². The Kier molecular flexibility index (Phi) is 4.92. The summed E-state index contributed by atoms with van der Waals surface area (Å²) in [5, 5.41) is 7.04. The normalized spacial score (nSPS) is 25.0. The van der Waals surface area contributed by atoms with Gasteiger partial charge in [-0.15, -0.1) is 0 Å². The standard InChI is InChI=1S/C19H22N4O3S/c24-19(16-6-9-20-21-12-16)22-10-7-17-14-23(13-15-4-2-1-3-5-15)27(25,26)18(17)8-11-22/h1-6,9,12,17-18H,7-8,10-11,13-14H2/t17-,18-/m1/s1. The molecule has 4 rings (SSSR count). The number of aromatic nitrogens is 2. The first-order chi connectivity index (χ1) is 13.1. The Balaban J connectivity index is 1.46. The lowest BCUT2D eigenvalue weighted by atomic mass is 10.0. The highest BCUT2D eigenvalue weighted by molar-refractivity contribution is 7.90. The molecule has 0 aliphatic carbocycles. The van der Waals surface area contributed by atoms with Crippen LogP contribution < -0.4 is 0 Å². The fraction of sp³-hybridized carbons (Fsp3) is 0.421. The van der Waals surface area contributed by atoms with Gasteiger partial charge in [0, 0.05) is 26.2 Å². The zero-order chi connectivity index (χ0) is 18.9. The van der Waals surface area contributed by atoms with Crippen LogP contribution in [0.4, 0.5) is 0 Å². The Morgan fingerprint density at radius 3 is 2.59 bits per heavy atom. The SMILES string of the molecule is O=C(c1ccnnc1)N1CC[C@@H]2CN(Cc3ccccc3)S(=O)(=O)[C@@H]2CC1. The van der Waals surface area contributed by atoms with Gasteiger partial charge in [-0.3, -0.25) is 4.79 Å². The van der Waals surface area contributed by atoms with E-state index in [1.54, 1.807) is 15.3 Å². The number of likely N-dealkylation sites (tertiary alicyclic amines) is 1. The van der Waals surface area contributed by atoms with Crippen LogP contribution in [-0.4, -0.2) is 58.6 Å². The topological polar surface area (TPSA) is 83.5 Å². The van der Waals surface area contributed by atoms with Gasteiger partial charge in [-0.2, -0.15) is 14.5 Å². The number of benzene rings is 1. The number of nitrogens with zero attached hydrogens (tertiary/aromatic N) is 4. The predicted octanol–water partition coefficient (Wildman–Crippen LogP) is 1.54. The minimum absolute atomic E-state index is 0.0621. The van der Waals surface area contributed by atoms with Crippen LogP contribution in [0.5, 0.6) is 0 Å². The van der Waals surface area contributed by atoms with Crippen LogP contribution in [0.1, 0.15) is 28.8 Å². The summed E-state index contributed by atoms with van der Waals surface area (Å²) in [6.45, 7) is 1.96. The monoisotopic (exact) mass is 386 g/mol. The summed E-state index contributed by atoms with van der Waals surface area (Å²) in [6.07, 6.45) is 4.11. The molecule has 142 valence electrons. The number of hydrogen-bond donors (Lipinski definition) is 0. The number of amides is 1. The predicted molar refractivity (Wildman–Crippen MR) is 100 cm³/mol. The smallest absolute Gasteiger partial charge is 0.255 e. The van der Waals surface area contributed by atoms with Gasteiger partial charge < -0.3 is 4.90 Å². The molecule has 3 heterocycles. The van der Waals surface area contributed by atoms with Gasteiger partial charge >= 0.3 is 0 Å². The summed E-state index contributed by atoms with van der Waals surface area (Å²) in [7, 11) is -3.35. The van der Waals surface area contributed by atoms with Crippen molar-refractivity contribution in [1.29, 1.82) is 0 Å². The van der Waals surface area contributed by atoms with Gasteiger partial charge in [-0.05, 0) is 30.4 Å². The molecule has 7 nitrogen and oxygen atoms in total. The maximum atomic E-state index is 13.0. The van der Waals surface area contributed by atoms with E-state index in [1.165, 1.54) is 12.4 Å². The Bertz CT molecular complexity index is 905. The molecular formula is C19H22N4O3S. The Morgan fingerprint density at radius 2 is 1.85 bits per heavy atom. The van der Waals surface area contributed by atoms with E-state index in [-0.39, 0.29) is 11.8 Å². The van der Waals surface area contributed by atoms with E-state index in [1.807, 2.05) is 30.3 Å². The molecule has 2 aliphatic heterocycles. The van der Waals surface area contributed by atoms with Gasteiger partial charge in [-0.1, -0.05) is 30.3 Å². The molecule has 8 heteroatoms. The highest BCUT2D eigenvalue weighted by Gasteiger charge is 2.47. The lowest BCUT2D eigenvalue weighted by Crippen LogP contribution is -2.34. The molecule has 0 spiro atoms. The molecule has 2 saturated heterocycles. The number of fused-ring (bicyclic) bond motifs is 1. The third-order valence-electron chi connectivity index (χ3n) is 5.48. The number of carbonyl (C=O) groups excluding carboxylic acids is 1. The highest BCUT2D eigenvalue weighted by Crippen LogP contribution is 2.35. The molecule has 1 aromatic heterocycles. The van der Waals surface area contributed by atoms with Crippen molar-refractivity contribution in [1.82, 2.24) is 19.4 Å². The molecule has 2 atom stereocenters. The molecule has 1 amide bonds. The maximum absolute atomic E-state index is 13.0. The molecule has 0 radical (unpaired) electrons. The zero-order valence-electron chi connectivity index (χ0n) is 14.9. The van der Waals surface area contributed by atoms with E-state index in [9.17, 15) is 13.2 Å². The first kappa shape index (κ1) is 18.1. The summed E-state index contributed by atoms with van der Waals surface area (Å²) in [5.41, 5.74) is 1.49. The van der Waals surface area contributed by atoms with Crippen molar-refractivity contribution < 1.29 is 13.2 Å². The van der Waals surface area contributed by atoms with Gasteiger partial charge in [0.25, 0.3) is 5.91 Å². The Labute approximate surface area is 159 Å². The molecule has 0 saturated carbocycles. The Hall–Kier alpha value is -2.32. The van der Waals surface area contributed by atoms with Crippen molar-refractivity contribution in [2.75, 3.05) is 19.6 Å². The van der Waals surface area contributed by atoms with E-state index in [2.05, 4.69) is 10.2 Å². The molecule has 0 bridgehead atoms. The molecule has 0 unspecified atom stereocenters. The average Bonchev–Trinajstić information content (AvgIpc) is 2.83. The second kappa shape index (κ2) is 7.36. The van der Waals surface area contributed by atoms with Crippen molar-refractivity contribution in [3.05, 3.63) is 59.9 Å². The van der Waals surface area contributed by atoms with Gasteiger partial charge in [0.05, 0.1) is 23.2 Å². The molecule has 2 aromatic rings. The molecule has 2 fully saturated rings. The third kappa shape index (κ3) is 3.59. The first-order valence-electron chi connectivity index (χ1n) is 9.14. The largest absolute Gasteiger partial charge is 0.339 e. The molecule has 0 N–H and O–H groups in total. The molecule has 27 heavy (non-hydrogen) atoms. The third-order valence-corrected chi connectivity index (χ3v) is 7.86. The second-order valence-electron chi connectivity index (χ2n) is 7.12. The quantitative estimate of drug-likeness (QED) is 0.799.